The van der Waals surface area contributed by atoms with Crippen LogP contribution in [0.1, 0.15) is 48.6 Å². The van der Waals surface area contributed by atoms with E-state index in [1.807, 2.05) is 24.3 Å². The standard InChI is InChI=1S/C21H27NO2/c1-5-17-8-11-19(12-9-17)24-14-21(23)22-20(6-2)18-10-7-15(3)16(4)13-18/h7-13,20H,5-6,14H2,1-4H3,(H,22,23)/t20-/m0/s1. The van der Waals surface area contributed by atoms with Crippen LogP contribution in [0.15, 0.2) is 42.5 Å². The minimum absolute atomic E-state index is 0.0165. The molecule has 0 heterocycles. The van der Waals surface area contributed by atoms with E-state index in [-0.39, 0.29) is 18.6 Å². The van der Waals surface area contributed by atoms with Gasteiger partial charge in [0.2, 0.25) is 0 Å². The highest BCUT2D eigenvalue weighted by Gasteiger charge is 2.13. The van der Waals surface area contributed by atoms with Crippen molar-refractivity contribution in [2.45, 2.75) is 46.6 Å². The predicted molar refractivity (Wildman–Crippen MR) is 98.4 cm³/mol. The van der Waals surface area contributed by atoms with Gasteiger partial charge in [-0.15, -0.1) is 0 Å². The zero-order valence-electron chi connectivity index (χ0n) is 15.1. The van der Waals surface area contributed by atoms with E-state index in [1.54, 1.807) is 0 Å². The van der Waals surface area contributed by atoms with Crippen LogP contribution < -0.4 is 10.1 Å². The summed E-state index contributed by atoms with van der Waals surface area (Å²) in [4.78, 5) is 12.2. The molecule has 2 aromatic carbocycles. The molecule has 1 N–H and O–H groups in total. The number of hydrogen-bond acceptors (Lipinski definition) is 2. The maximum absolute atomic E-state index is 12.2. The Morgan fingerprint density at radius 2 is 1.75 bits per heavy atom. The van der Waals surface area contributed by atoms with Gasteiger partial charge in [-0.25, -0.2) is 0 Å². The lowest BCUT2D eigenvalue weighted by Gasteiger charge is -2.19. The molecule has 24 heavy (non-hydrogen) atoms. The summed E-state index contributed by atoms with van der Waals surface area (Å²) in [6.07, 6.45) is 1.84. The number of hydrogen-bond donors (Lipinski definition) is 1. The van der Waals surface area contributed by atoms with Crippen molar-refractivity contribution >= 4 is 5.91 Å². The molecule has 3 heteroatoms. The Balaban J connectivity index is 1.92. The molecule has 1 amide bonds. The number of nitrogens with one attached hydrogen (secondary N) is 1. The molecule has 0 bridgehead atoms. The van der Waals surface area contributed by atoms with Crippen LogP contribution in [0.3, 0.4) is 0 Å². The van der Waals surface area contributed by atoms with Crippen LogP contribution in [0.5, 0.6) is 5.75 Å². The van der Waals surface area contributed by atoms with Gasteiger partial charge in [-0.3, -0.25) is 4.79 Å². The van der Waals surface area contributed by atoms with Gasteiger partial charge in [-0.1, -0.05) is 44.2 Å². The molecule has 0 radical (unpaired) electrons. The minimum atomic E-state index is -0.0975. The Labute approximate surface area is 145 Å². The predicted octanol–water partition coefficient (Wildman–Crippen LogP) is 4.51. The van der Waals surface area contributed by atoms with Gasteiger partial charge in [0, 0.05) is 0 Å². The van der Waals surface area contributed by atoms with Crippen LogP contribution in [0.4, 0.5) is 0 Å². The van der Waals surface area contributed by atoms with Crippen molar-refractivity contribution in [3.8, 4) is 5.75 Å². The average molecular weight is 325 g/mol. The minimum Gasteiger partial charge on any atom is -0.484 e. The van der Waals surface area contributed by atoms with Crippen LogP contribution >= 0.6 is 0 Å². The summed E-state index contributed by atoms with van der Waals surface area (Å²) in [6.45, 7) is 8.41. The largest absolute Gasteiger partial charge is 0.484 e. The molecule has 0 aliphatic heterocycles. The van der Waals surface area contributed by atoms with Gasteiger partial charge in [0.1, 0.15) is 5.75 Å². The molecule has 0 aromatic heterocycles. The van der Waals surface area contributed by atoms with E-state index in [1.165, 1.54) is 16.7 Å². The molecule has 0 fully saturated rings. The lowest BCUT2D eigenvalue weighted by Crippen LogP contribution is -2.32. The highest BCUT2D eigenvalue weighted by molar-refractivity contribution is 5.78. The van der Waals surface area contributed by atoms with Crippen molar-refractivity contribution < 1.29 is 9.53 Å². The second-order valence-corrected chi connectivity index (χ2v) is 6.16. The topological polar surface area (TPSA) is 38.3 Å². The Kier molecular flexibility index (Phi) is 6.42. The van der Waals surface area contributed by atoms with Crippen molar-refractivity contribution in [1.82, 2.24) is 5.32 Å². The molecule has 2 rings (SSSR count). The second-order valence-electron chi connectivity index (χ2n) is 6.16. The number of aryl methyl sites for hydroxylation is 3. The number of rotatable bonds is 7. The Hall–Kier alpha value is -2.29. The molecule has 0 spiro atoms. The summed E-state index contributed by atoms with van der Waals surface area (Å²) in [7, 11) is 0. The third-order valence-corrected chi connectivity index (χ3v) is 4.38. The molecule has 0 aliphatic carbocycles. The van der Waals surface area contributed by atoms with E-state index in [2.05, 4.69) is 51.2 Å². The normalized spacial score (nSPS) is 11.8. The van der Waals surface area contributed by atoms with Crippen molar-refractivity contribution in [1.29, 1.82) is 0 Å². The summed E-state index contributed by atoms with van der Waals surface area (Å²) in [5.74, 6) is 0.626. The SMILES string of the molecule is CCc1ccc(OCC(=O)N[C@@H](CC)c2ccc(C)c(C)c2)cc1. The van der Waals surface area contributed by atoms with E-state index < -0.39 is 0 Å². The molecule has 128 valence electrons. The molecular formula is C21H27NO2. The van der Waals surface area contributed by atoms with E-state index in [9.17, 15) is 4.79 Å². The second kappa shape index (κ2) is 8.53. The molecule has 3 nitrogen and oxygen atoms in total. The maximum atomic E-state index is 12.2. The van der Waals surface area contributed by atoms with Crippen LogP contribution in [0.2, 0.25) is 0 Å². The van der Waals surface area contributed by atoms with Gasteiger partial charge in [0.05, 0.1) is 6.04 Å². The van der Waals surface area contributed by atoms with Crippen LogP contribution in [-0.2, 0) is 11.2 Å². The Morgan fingerprint density at radius 1 is 1.04 bits per heavy atom. The average Bonchev–Trinajstić information content (AvgIpc) is 2.60. The summed E-state index contributed by atoms with van der Waals surface area (Å²) in [5.41, 5.74) is 4.90. The lowest BCUT2D eigenvalue weighted by atomic mass is 9.99. The highest BCUT2D eigenvalue weighted by atomic mass is 16.5. The van der Waals surface area contributed by atoms with Gasteiger partial charge in [0.25, 0.3) is 5.91 Å². The fourth-order valence-electron chi connectivity index (χ4n) is 2.61. The summed E-state index contributed by atoms with van der Waals surface area (Å²) in [6, 6.07) is 14.2. The fourth-order valence-corrected chi connectivity index (χ4v) is 2.61. The van der Waals surface area contributed by atoms with Crippen molar-refractivity contribution in [2.24, 2.45) is 0 Å². The molecule has 2 aromatic rings. The van der Waals surface area contributed by atoms with Crippen LogP contribution in [0.25, 0.3) is 0 Å². The molecule has 0 saturated heterocycles. The highest BCUT2D eigenvalue weighted by Crippen LogP contribution is 2.20. The zero-order chi connectivity index (χ0) is 17.5. The summed E-state index contributed by atoms with van der Waals surface area (Å²) < 4.78 is 5.58. The Morgan fingerprint density at radius 3 is 2.33 bits per heavy atom. The summed E-state index contributed by atoms with van der Waals surface area (Å²) >= 11 is 0. The van der Waals surface area contributed by atoms with Crippen molar-refractivity contribution in [2.75, 3.05) is 6.61 Å². The quantitative estimate of drug-likeness (QED) is 0.813. The van der Waals surface area contributed by atoms with Crippen LogP contribution in [0, 0.1) is 13.8 Å². The van der Waals surface area contributed by atoms with Crippen LogP contribution in [-0.4, -0.2) is 12.5 Å². The molecular weight excluding hydrogens is 298 g/mol. The van der Waals surface area contributed by atoms with Gasteiger partial charge in [-0.05, 0) is 61.1 Å². The van der Waals surface area contributed by atoms with E-state index >= 15 is 0 Å². The Bertz CT molecular complexity index is 677. The molecule has 1 atom stereocenters. The first kappa shape index (κ1) is 18.1. The van der Waals surface area contributed by atoms with E-state index in [0.717, 1.165) is 24.2 Å². The van der Waals surface area contributed by atoms with Crippen molar-refractivity contribution in [3.05, 3.63) is 64.7 Å². The first-order valence-corrected chi connectivity index (χ1v) is 8.61. The number of amides is 1. The van der Waals surface area contributed by atoms with Crippen molar-refractivity contribution in [3.63, 3.8) is 0 Å². The van der Waals surface area contributed by atoms with Gasteiger partial charge < -0.3 is 10.1 Å². The fraction of sp³-hybridized carbons (Fsp3) is 0.381. The van der Waals surface area contributed by atoms with E-state index in [0.29, 0.717) is 0 Å². The summed E-state index contributed by atoms with van der Waals surface area (Å²) in [5, 5.41) is 3.06. The number of benzene rings is 2. The molecule has 0 aliphatic rings. The first-order chi connectivity index (χ1) is 11.5. The smallest absolute Gasteiger partial charge is 0.258 e. The first-order valence-electron chi connectivity index (χ1n) is 8.61. The molecule has 0 saturated carbocycles. The number of carbonyl (C=O) groups is 1. The van der Waals surface area contributed by atoms with Gasteiger partial charge in [0.15, 0.2) is 6.61 Å². The lowest BCUT2D eigenvalue weighted by molar-refractivity contribution is -0.123. The zero-order valence-corrected chi connectivity index (χ0v) is 15.1. The number of carbonyl (C=O) groups excluding carboxylic acids is 1. The van der Waals surface area contributed by atoms with Gasteiger partial charge >= 0.3 is 0 Å². The maximum Gasteiger partial charge on any atom is 0.258 e. The third-order valence-electron chi connectivity index (χ3n) is 4.38. The molecule has 0 unspecified atom stereocenters. The van der Waals surface area contributed by atoms with E-state index in [4.69, 9.17) is 4.74 Å². The third kappa shape index (κ3) is 4.85. The monoisotopic (exact) mass is 325 g/mol. The number of ether oxygens (including phenoxy) is 1. The van der Waals surface area contributed by atoms with Gasteiger partial charge in [-0.2, -0.15) is 0 Å².